The van der Waals surface area contributed by atoms with Crippen LogP contribution in [0.15, 0.2) is 39.6 Å². The predicted octanol–water partition coefficient (Wildman–Crippen LogP) is 5.33. The van der Waals surface area contributed by atoms with E-state index in [4.69, 9.17) is 19.2 Å². The normalized spacial score (nSPS) is 17.5. The third-order valence-electron chi connectivity index (χ3n) is 7.34. The van der Waals surface area contributed by atoms with Crippen molar-refractivity contribution >= 4 is 44.9 Å². The van der Waals surface area contributed by atoms with Gasteiger partial charge in [-0.15, -0.1) is 0 Å². The molecule has 1 aromatic carbocycles. The number of rotatable bonds is 7. The summed E-state index contributed by atoms with van der Waals surface area (Å²) in [5.74, 6) is -5.45. The van der Waals surface area contributed by atoms with Gasteiger partial charge < -0.3 is 24.1 Å². The molecule has 0 saturated carbocycles. The molecule has 2 aliphatic rings. The van der Waals surface area contributed by atoms with Gasteiger partial charge in [0.25, 0.3) is 11.5 Å². The summed E-state index contributed by atoms with van der Waals surface area (Å²) in [4.78, 5) is 56.3. The Balaban J connectivity index is 1.41. The van der Waals surface area contributed by atoms with Crippen LogP contribution in [0.3, 0.4) is 0 Å². The highest BCUT2D eigenvalue weighted by Gasteiger charge is 2.50. The predicted molar refractivity (Wildman–Crippen MR) is 155 cm³/mol. The van der Waals surface area contributed by atoms with Crippen LogP contribution in [0, 0.1) is 0 Å². The number of nitrogens with one attached hydrogen (secondary N) is 1. The summed E-state index contributed by atoms with van der Waals surface area (Å²) in [6.07, 6.45) is -2.84. The minimum Gasteiger partial charge on any atom is -0.457 e. The van der Waals surface area contributed by atoms with Gasteiger partial charge in [0, 0.05) is 27.4 Å². The second kappa shape index (κ2) is 11.0. The number of halogens is 3. The van der Waals surface area contributed by atoms with E-state index < -0.39 is 60.1 Å². The van der Waals surface area contributed by atoms with Crippen LogP contribution < -0.4 is 10.9 Å². The Morgan fingerprint density at radius 1 is 1.21 bits per heavy atom. The first kappa shape index (κ1) is 30.6. The number of esters is 2. The molecule has 4 heterocycles. The van der Waals surface area contributed by atoms with E-state index in [9.17, 15) is 28.0 Å². The standard InChI is InChI=1S/C30H30BrF2N3O7/c1-5-30(42-23(37)9-10-29(32,33)15-34-27(40)43-28(2,3)4)19-12-22-24-16(11-17-20(31)7-6-8-21(17)35-24)13-36(22)25(38)18(19)14-41-26(30)39/h6-8,11-12H,5,9-10,13-15H2,1-4H3,(H,34,40)/t30-/m0/s1. The summed E-state index contributed by atoms with van der Waals surface area (Å²) in [7, 11) is 0. The Labute approximate surface area is 253 Å². The van der Waals surface area contributed by atoms with Gasteiger partial charge in [-0.05, 0) is 51.5 Å². The molecule has 0 fully saturated rings. The monoisotopic (exact) mass is 661 g/mol. The minimum absolute atomic E-state index is 0.102. The van der Waals surface area contributed by atoms with Gasteiger partial charge in [-0.1, -0.05) is 28.9 Å². The molecular weight excluding hydrogens is 632 g/mol. The van der Waals surface area contributed by atoms with Gasteiger partial charge >= 0.3 is 18.0 Å². The van der Waals surface area contributed by atoms with Gasteiger partial charge in [-0.2, -0.15) is 0 Å². The molecular formula is C30H30BrF2N3O7. The summed E-state index contributed by atoms with van der Waals surface area (Å²) in [6.45, 7) is 5.23. The van der Waals surface area contributed by atoms with Gasteiger partial charge in [-0.25, -0.2) is 23.4 Å². The molecule has 43 heavy (non-hydrogen) atoms. The van der Waals surface area contributed by atoms with Crippen molar-refractivity contribution in [2.45, 2.75) is 77.2 Å². The van der Waals surface area contributed by atoms with E-state index in [2.05, 4.69) is 15.9 Å². The van der Waals surface area contributed by atoms with Crippen LogP contribution >= 0.6 is 15.9 Å². The van der Waals surface area contributed by atoms with Crippen LogP contribution in [0.4, 0.5) is 13.6 Å². The summed E-state index contributed by atoms with van der Waals surface area (Å²) >= 11 is 3.53. The number of hydrogen-bond acceptors (Lipinski definition) is 8. The zero-order valence-corrected chi connectivity index (χ0v) is 25.6. The van der Waals surface area contributed by atoms with Crippen LogP contribution in [0.2, 0.25) is 0 Å². The molecule has 0 saturated heterocycles. The quantitative estimate of drug-likeness (QED) is 0.208. The van der Waals surface area contributed by atoms with Gasteiger partial charge in [0.15, 0.2) is 0 Å². The molecule has 10 nitrogen and oxygen atoms in total. The van der Waals surface area contributed by atoms with E-state index in [-0.39, 0.29) is 30.7 Å². The van der Waals surface area contributed by atoms with Gasteiger partial charge in [0.1, 0.15) is 12.2 Å². The lowest BCUT2D eigenvalue weighted by Gasteiger charge is -2.35. The number of alkyl halides is 2. The number of pyridine rings is 2. The van der Waals surface area contributed by atoms with Gasteiger partial charge in [0.05, 0.1) is 42.0 Å². The number of hydrogen-bond donors (Lipinski definition) is 1. The Morgan fingerprint density at radius 2 is 1.95 bits per heavy atom. The Hall–Kier alpha value is -3.87. The lowest BCUT2D eigenvalue weighted by atomic mass is 9.85. The number of aromatic nitrogens is 2. The summed E-state index contributed by atoms with van der Waals surface area (Å²) in [6, 6.07) is 9.13. The number of ether oxygens (including phenoxy) is 3. The topological polar surface area (TPSA) is 126 Å². The lowest BCUT2D eigenvalue weighted by molar-refractivity contribution is -0.190. The minimum atomic E-state index is -3.47. The van der Waals surface area contributed by atoms with Crippen molar-refractivity contribution in [2.24, 2.45) is 0 Å². The number of benzene rings is 1. The number of nitrogens with zero attached hydrogens (tertiary/aromatic N) is 2. The van der Waals surface area contributed by atoms with Crippen LogP contribution in [-0.2, 0) is 42.6 Å². The Morgan fingerprint density at radius 3 is 2.65 bits per heavy atom. The van der Waals surface area contributed by atoms with Crippen LogP contribution in [0.1, 0.15) is 63.6 Å². The number of fused-ring (bicyclic) bond motifs is 5. The maximum Gasteiger partial charge on any atom is 0.407 e. The Bertz CT molecular complexity index is 1720. The second-order valence-electron chi connectivity index (χ2n) is 11.6. The summed E-state index contributed by atoms with van der Waals surface area (Å²) in [5, 5.41) is 2.87. The van der Waals surface area contributed by atoms with Gasteiger partial charge in [-0.3, -0.25) is 9.59 Å². The van der Waals surface area contributed by atoms with Crippen molar-refractivity contribution in [2.75, 3.05) is 6.54 Å². The largest absolute Gasteiger partial charge is 0.457 e. The van der Waals surface area contributed by atoms with E-state index in [1.807, 2.05) is 29.6 Å². The lowest BCUT2D eigenvalue weighted by Crippen LogP contribution is -2.47. The fraction of sp³-hybridized carbons (Fsp3) is 0.433. The molecule has 0 aliphatic carbocycles. The number of amides is 1. The maximum absolute atomic E-state index is 14.5. The van der Waals surface area contributed by atoms with Gasteiger partial charge in [0.2, 0.25) is 5.60 Å². The fourth-order valence-corrected chi connectivity index (χ4v) is 5.73. The molecule has 1 atom stereocenters. The van der Waals surface area contributed by atoms with Crippen molar-refractivity contribution in [3.05, 3.63) is 61.8 Å². The third-order valence-corrected chi connectivity index (χ3v) is 8.03. The summed E-state index contributed by atoms with van der Waals surface area (Å²) < 4.78 is 47.3. The first-order valence-electron chi connectivity index (χ1n) is 13.7. The molecule has 1 N–H and O–H groups in total. The van der Waals surface area contributed by atoms with Crippen LogP contribution in [0.25, 0.3) is 22.3 Å². The van der Waals surface area contributed by atoms with Crippen molar-refractivity contribution in [3.63, 3.8) is 0 Å². The van der Waals surface area contributed by atoms with E-state index in [0.29, 0.717) is 16.9 Å². The fourth-order valence-electron chi connectivity index (χ4n) is 5.26. The van der Waals surface area contributed by atoms with Crippen molar-refractivity contribution < 1.29 is 37.4 Å². The smallest absolute Gasteiger partial charge is 0.407 e. The molecule has 1 amide bonds. The van der Waals surface area contributed by atoms with Crippen molar-refractivity contribution in [1.29, 1.82) is 0 Å². The van der Waals surface area contributed by atoms with Crippen molar-refractivity contribution in [1.82, 2.24) is 14.9 Å². The first-order chi connectivity index (χ1) is 20.1. The Kier molecular flexibility index (Phi) is 7.82. The van der Waals surface area contributed by atoms with E-state index >= 15 is 0 Å². The second-order valence-corrected chi connectivity index (χ2v) is 12.4. The molecule has 0 bridgehead atoms. The van der Waals surface area contributed by atoms with Crippen LogP contribution in [0.5, 0.6) is 0 Å². The third kappa shape index (κ3) is 5.86. The molecule has 228 valence electrons. The highest BCUT2D eigenvalue weighted by atomic mass is 79.9. The molecule has 0 unspecified atom stereocenters. The first-order valence-corrected chi connectivity index (χ1v) is 14.5. The molecule has 13 heteroatoms. The highest BCUT2D eigenvalue weighted by Crippen LogP contribution is 2.41. The van der Waals surface area contributed by atoms with E-state index in [1.165, 1.54) is 4.57 Å². The molecule has 0 spiro atoms. The number of carbonyl (C=O) groups is 3. The highest BCUT2D eigenvalue weighted by molar-refractivity contribution is 9.10. The average Bonchev–Trinajstić information content (AvgIpc) is 3.29. The number of carbonyl (C=O) groups excluding carboxylic acids is 3. The number of alkyl carbamates (subject to hydrolysis) is 1. The van der Waals surface area contributed by atoms with E-state index in [1.54, 1.807) is 33.8 Å². The molecule has 2 aromatic heterocycles. The molecule has 5 rings (SSSR count). The maximum atomic E-state index is 14.5. The number of cyclic esters (lactones) is 1. The van der Waals surface area contributed by atoms with E-state index in [0.717, 1.165) is 15.4 Å². The molecule has 3 aromatic rings. The zero-order valence-electron chi connectivity index (χ0n) is 24.0. The van der Waals surface area contributed by atoms with Crippen LogP contribution in [-0.4, -0.2) is 45.7 Å². The van der Waals surface area contributed by atoms with Crippen molar-refractivity contribution in [3.8, 4) is 11.4 Å². The molecule has 2 aliphatic heterocycles. The zero-order chi connectivity index (χ0) is 31.3. The summed E-state index contributed by atoms with van der Waals surface area (Å²) in [5.41, 5.74) is -0.507. The molecule has 0 radical (unpaired) electrons. The SMILES string of the molecule is CC[C@@]1(OC(=O)CCC(F)(F)CNC(=O)OC(C)(C)C)C(=O)OCc2c1cc1n(c2=O)Cc2cc3c(Br)cccc3nc2-1. The average molecular weight is 662 g/mol.